The van der Waals surface area contributed by atoms with Gasteiger partial charge >= 0.3 is 5.97 Å². The molecule has 1 aliphatic rings. The summed E-state index contributed by atoms with van der Waals surface area (Å²) in [6.07, 6.45) is 0.656. The van der Waals surface area contributed by atoms with E-state index in [-0.39, 0.29) is 5.97 Å². The Morgan fingerprint density at radius 3 is 2.89 bits per heavy atom. The number of esters is 1. The van der Waals surface area contributed by atoms with Gasteiger partial charge in [-0.3, -0.25) is 0 Å². The van der Waals surface area contributed by atoms with Gasteiger partial charge in [-0.2, -0.15) is 0 Å². The lowest BCUT2D eigenvalue weighted by Crippen LogP contribution is -2.15. The third kappa shape index (κ3) is 2.00. The number of thiazole rings is 1. The minimum atomic E-state index is -0.301. The van der Waals surface area contributed by atoms with Crippen molar-refractivity contribution >= 4 is 40.5 Å². The van der Waals surface area contributed by atoms with Crippen molar-refractivity contribution in [2.45, 2.75) is 6.42 Å². The predicted octanol–water partition coefficient (Wildman–Crippen LogP) is 3.83. The summed E-state index contributed by atoms with van der Waals surface area (Å²) in [5.74, 6) is -0.301. The molecule has 1 aliphatic heterocycles. The van der Waals surface area contributed by atoms with Crippen LogP contribution in [0.5, 0.6) is 0 Å². The van der Waals surface area contributed by atoms with Crippen molar-refractivity contribution in [1.82, 2.24) is 4.98 Å². The fraction of sp³-hybridized carbons (Fsp3) is 0.167. The monoisotopic (exact) mass is 299 g/mol. The SMILES string of the molecule is O=C1OCCc2nc(-c3ccc(Cl)cc3Cl)sc21. The van der Waals surface area contributed by atoms with Crippen molar-refractivity contribution in [3.8, 4) is 10.6 Å². The summed E-state index contributed by atoms with van der Waals surface area (Å²) in [5, 5.41) is 1.83. The molecule has 0 fully saturated rings. The van der Waals surface area contributed by atoms with Gasteiger partial charge in [0.05, 0.1) is 17.3 Å². The molecule has 2 heterocycles. The number of halogens is 2. The molecule has 0 atom stereocenters. The molecule has 0 unspecified atom stereocenters. The molecule has 0 amide bonds. The van der Waals surface area contributed by atoms with Crippen LogP contribution in [0.25, 0.3) is 10.6 Å². The second kappa shape index (κ2) is 4.53. The first kappa shape index (κ1) is 12.0. The maximum absolute atomic E-state index is 11.6. The van der Waals surface area contributed by atoms with Gasteiger partial charge in [-0.05, 0) is 18.2 Å². The Bertz CT molecular complexity index is 639. The molecule has 0 bridgehead atoms. The second-order valence-electron chi connectivity index (χ2n) is 3.80. The van der Waals surface area contributed by atoms with E-state index in [9.17, 15) is 4.79 Å². The van der Waals surface area contributed by atoms with E-state index in [1.54, 1.807) is 18.2 Å². The van der Waals surface area contributed by atoms with Crippen LogP contribution in [-0.2, 0) is 11.2 Å². The van der Waals surface area contributed by atoms with Crippen LogP contribution in [0.4, 0.5) is 0 Å². The molecule has 0 N–H and O–H groups in total. The number of hydrogen-bond donors (Lipinski definition) is 0. The number of benzene rings is 1. The number of fused-ring (bicyclic) bond motifs is 1. The van der Waals surface area contributed by atoms with Crippen LogP contribution >= 0.6 is 34.5 Å². The summed E-state index contributed by atoms with van der Waals surface area (Å²) in [4.78, 5) is 16.6. The van der Waals surface area contributed by atoms with E-state index in [1.807, 2.05) is 0 Å². The highest BCUT2D eigenvalue weighted by Crippen LogP contribution is 2.35. The average molecular weight is 300 g/mol. The Morgan fingerprint density at radius 1 is 1.33 bits per heavy atom. The molecule has 1 aromatic heterocycles. The highest BCUT2D eigenvalue weighted by molar-refractivity contribution is 7.17. The third-order valence-electron chi connectivity index (χ3n) is 2.62. The van der Waals surface area contributed by atoms with E-state index in [1.165, 1.54) is 11.3 Å². The molecule has 0 saturated carbocycles. The van der Waals surface area contributed by atoms with E-state index in [0.717, 1.165) is 16.3 Å². The summed E-state index contributed by atoms with van der Waals surface area (Å²) in [6, 6.07) is 5.22. The quantitative estimate of drug-likeness (QED) is 0.751. The minimum Gasteiger partial charge on any atom is -0.461 e. The van der Waals surface area contributed by atoms with Gasteiger partial charge in [0.15, 0.2) is 0 Å². The standard InChI is InChI=1S/C12H7Cl2NO2S/c13-6-1-2-7(8(14)5-6)11-15-9-3-4-17-12(16)10(9)18-11/h1-2,5H,3-4H2. The Balaban J connectivity index is 2.10. The van der Waals surface area contributed by atoms with Crippen molar-refractivity contribution in [1.29, 1.82) is 0 Å². The highest BCUT2D eigenvalue weighted by Gasteiger charge is 2.24. The molecule has 3 rings (SSSR count). The molecule has 0 aliphatic carbocycles. The van der Waals surface area contributed by atoms with Gasteiger partial charge < -0.3 is 4.74 Å². The fourth-order valence-electron chi connectivity index (χ4n) is 1.76. The Kier molecular flexibility index (Phi) is 3.01. The zero-order valence-electron chi connectivity index (χ0n) is 9.07. The highest BCUT2D eigenvalue weighted by atomic mass is 35.5. The van der Waals surface area contributed by atoms with Crippen LogP contribution in [0.1, 0.15) is 15.4 Å². The first-order valence-electron chi connectivity index (χ1n) is 5.27. The van der Waals surface area contributed by atoms with Gasteiger partial charge in [0, 0.05) is 17.0 Å². The number of nitrogens with zero attached hydrogens (tertiary/aromatic N) is 1. The van der Waals surface area contributed by atoms with Gasteiger partial charge in [-0.15, -0.1) is 11.3 Å². The average Bonchev–Trinajstić information content (AvgIpc) is 2.74. The topological polar surface area (TPSA) is 39.2 Å². The molecular weight excluding hydrogens is 293 g/mol. The van der Waals surface area contributed by atoms with Crippen molar-refractivity contribution in [3.63, 3.8) is 0 Å². The van der Waals surface area contributed by atoms with Gasteiger partial charge in [0.1, 0.15) is 9.88 Å². The van der Waals surface area contributed by atoms with E-state index in [4.69, 9.17) is 27.9 Å². The summed E-state index contributed by atoms with van der Waals surface area (Å²) < 4.78 is 4.98. The van der Waals surface area contributed by atoms with Gasteiger partial charge in [0.25, 0.3) is 0 Å². The van der Waals surface area contributed by atoms with Crippen LogP contribution in [0.15, 0.2) is 18.2 Å². The molecule has 92 valence electrons. The maximum atomic E-state index is 11.6. The summed E-state index contributed by atoms with van der Waals surface area (Å²) >= 11 is 13.3. The van der Waals surface area contributed by atoms with Gasteiger partial charge in [-0.25, -0.2) is 9.78 Å². The lowest BCUT2D eigenvalue weighted by Gasteiger charge is -2.08. The smallest absolute Gasteiger partial charge is 0.350 e. The van der Waals surface area contributed by atoms with E-state index in [2.05, 4.69) is 4.98 Å². The van der Waals surface area contributed by atoms with Crippen LogP contribution < -0.4 is 0 Å². The van der Waals surface area contributed by atoms with Gasteiger partial charge in [-0.1, -0.05) is 23.2 Å². The lowest BCUT2D eigenvalue weighted by atomic mass is 10.2. The third-order valence-corrected chi connectivity index (χ3v) is 4.28. The van der Waals surface area contributed by atoms with Crippen LogP contribution in [0, 0.1) is 0 Å². The number of cyclic esters (lactones) is 1. The summed E-state index contributed by atoms with van der Waals surface area (Å²) in [7, 11) is 0. The van der Waals surface area contributed by atoms with Crippen molar-refractivity contribution in [2.75, 3.05) is 6.61 Å². The molecule has 0 spiro atoms. The normalized spacial score (nSPS) is 14.2. The molecule has 3 nitrogen and oxygen atoms in total. The lowest BCUT2D eigenvalue weighted by molar-refractivity contribution is 0.0485. The van der Waals surface area contributed by atoms with E-state index >= 15 is 0 Å². The number of ether oxygens (including phenoxy) is 1. The molecule has 6 heteroatoms. The van der Waals surface area contributed by atoms with Crippen molar-refractivity contribution in [2.24, 2.45) is 0 Å². The maximum Gasteiger partial charge on any atom is 0.350 e. The first-order chi connectivity index (χ1) is 8.65. The van der Waals surface area contributed by atoms with E-state index in [0.29, 0.717) is 28.0 Å². The number of carbonyl (C=O) groups is 1. The molecule has 0 radical (unpaired) electrons. The molecular formula is C12H7Cl2NO2S. The van der Waals surface area contributed by atoms with Crippen molar-refractivity contribution < 1.29 is 9.53 Å². The summed E-state index contributed by atoms with van der Waals surface area (Å²) in [5.41, 5.74) is 1.57. The van der Waals surface area contributed by atoms with Crippen LogP contribution in [0.2, 0.25) is 10.0 Å². The molecule has 0 saturated heterocycles. The molecule has 1 aromatic carbocycles. The first-order valence-corrected chi connectivity index (χ1v) is 6.84. The van der Waals surface area contributed by atoms with E-state index < -0.39 is 0 Å². The fourth-order valence-corrected chi connectivity index (χ4v) is 3.36. The Labute approximate surface area is 117 Å². The number of aromatic nitrogens is 1. The Morgan fingerprint density at radius 2 is 2.17 bits per heavy atom. The number of hydrogen-bond acceptors (Lipinski definition) is 4. The van der Waals surface area contributed by atoms with Crippen LogP contribution in [-0.4, -0.2) is 17.6 Å². The number of carbonyl (C=O) groups excluding carboxylic acids is 1. The number of rotatable bonds is 1. The Hall–Kier alpha value is -1.10. The molecule has 2 aromatic rings. The van der Waals surface area contributed by atoms with Crippen LogP contribution in [0.3, 0.4) is 0 Å². The predicted molar refractivity (Wildman–Crippen MR) is 71.6 cm³/mol. The minimum absolute atomic E-state index is 0.301. The van der Waals surface area contributed by atoms with Gasteiger partial charge in [0.2, 0.25) is 0 Å². The largest absolute Gasteiger partial charge is 0.461 e. The second-order valence-corrected chi connectivity index (χ2v) is 5.65. The molecule has 18 heavy (non-hydrogen) atoms. The zero-order valence-corrected chi connectivity index (χ0v) is 11.4. The summed E-state index contributed by atoms with van der Waals surface area (Å²) in [6.45, 7) is 0.392. The zero-order chi connectivity index (χ0) is 12.7. The van der Waals surface area contributed by atoms with Crippen molar-refractivity contribution in [3.05, 3.63) is 38.8 Å².